The molecule has 0 aliphatic rings. The van der Waals surface area contributed by atoms with Crippen molar-refractivity contribution in [1.29, 1.82) is 0 Å². The molecule has 1 aromatic rings. The van der Waals surface area contributed by atoms with Crippen LogP contribution in [-0.2, 0) is 4.79 Å². The summed E-state index contributed by atoms with van der Waals surface area (Å²) in [6.07, 6.45) is -0.767. The van der Waals surface area contributed by atoms with Gasteiger partial charge in [0.1, 0.15) is 0 Å². The second-order valence-corrected chi connectivity index (χ2v) is 2.33. The van der Waals surface area contributed by atoms with Gasteiger partial charge in [-0.25, -0.2) is 4.79 Å². The van der Waals surface area contributed by atoms with Crippen molar-refractivity contribution in [2.75, 3.05) is 0 Å². The van der Waals surface area contributed by atoms with Gasteiger partial charge in [0.15, 0.2) is 6.10 Å². The van der Waals surface area contributed by atoms with E-state index in [0.29, 0.717) is 0 Å². The number of nitrogens with one attached hydrogen (secondary N) is 2. The van der Waals surface area contributed by atoms with Gasteiger partial charge in [0.25, 0.3) is 11.5 Å². The van der Waals surface area contributed by atoms with E-state index in [9.17, 15) is 14.4 Å². The lowest BCUT2D eigenvalue weighted by Crippen LogP contribution is -2.31. The van der Waals surface area contributed by atoms with Crippen molar-refractivity contribution in [3.63, 3.8) is 0 Å². The fourth-order valence-corrected chi connectivity index (χ4v) is 0.777. The van der Waals surface area contributed by atoms with Crippen molar-refractivity contribution in [3.05, 3.63) is 32.6 Å². The van der Waals surface area contributed by atoms with Crippen LogP contribution in [0.1, 0.15) is 11.7 Å². The van der Waals surface area contributed by atoms with Crippen LogP contribution in [0.2, 0.25) is 0 Å². The molecule has 7 heteroatoms. The van der Waals surface area contributed by atoms with Crippen molar-refractivity contribution >= 4 is 5.91 Å². The van der Waals surface area contributed by atoms with E-state index in [-0.39, 0.29) is 5.56 Å². The SMILES string of the molecule is NC(=O)C(O)c1c[nH]c(=O)[nH]c1=O. The molecule has 1 atom stereocenters. The molecule has 7 nitrogen and oxygen atoms in total. The average molecular weight is 185 g/mol. The number of carbonyl (C=O) groups is 1. The molecule has 5 N–H and O–H groups in total. The van der Waals surface area contributed by atoms with Crippen LogP contribution in [0.4, 0.5) is 0 Å². The van der Waals surface area contributed by atoms with Crippen LogP contribution in [-0.4, -0.2) is 21.0 Å². The lowest BCUT2D eigenvalue weighted by atomic mass is 10.2. The van der Waals surface area contributed by atoms with Gasteiger partial charge in [-0.2, -0.15) is 0 Å². The molecule has 1 unspecified atom stereocenters. The Morgan fingerprint density at radius 2 is 2.15 bits per heavy atom. The average Bonchev–Trinajstić information content (AvgIpc) is 2.03. The van der Waals surface area contributed by atoms with Gasteiger partial charge < -0.3 is 15.8 Å². The second kappa shape index (κ2) is 3.23. The Bertz CT molecular complexity index is 432. The number of rotatable bonds is 2. The number of aromatic amines is 2. The maximum absolute atomic E-state index is 10.9. The van der Waals surface area contributed by atoms with Gasteiger partial charge >= 0.3 is 5.69 Å². The van der Waals surface area contributed by atoms with E-state index in [1.807, 2.05) is 4.98 Å². The van der Waals surface area contributed by atoms with E-state index >= 15 is 0 Å². The molecule has 0 aliphatic carbocycles. The number of aliphatic hydroxyl groups excluding tert-OH is 1. The highest BCUT2D eigenvalue weighted by Gasteiger charge is 2.17. The first-order valence-electron chi connectivity index (χ1n) is 3.31. The molecule has 1 aromatic heterocycles. The van der Waals surface area contributed by atoms with Crippen LogP contribution in [0, 0.1) is 0 Å². The molecule has 1 rings (SSSR count). The molecule has 1 amide bonds. The van der Waals surface area contributed by atoms with E-state index in [0.717, 1.165) is 6.20 Å². The summed E-state index contributed by atoms with van der Waals surface area (Å²) in [5, 5.41) is 9.05. The molecule has 0 aromatic carbocycles. The lowest BCUT2D eigenvalue weighted by Gasteiger charge is -2.03. The minimum absolute atomic E-state index is 0.285. The summed E-state index contributed by atoms with van der Waals surface area (Å²) in [6, 6.07) is 0. The molecule has 0 saturated carbocycles. The smallest absolute Gasteiger partial charge is 0.325 e. The fourth-order valence-electron chi connectivity index (χ4n) is 0.777. The number of nitrogens with two attached hydrogens (primary N) is 1. The van der Waals surface area contributed by atoms with Crippen LogP contribution in [0.15, 0.2) is 15.8 Å². The van der Waals surface area contributed by atoms with E-state index < -0.39 is 23.3 Å². The molecule has 0 fully saturated rings. The van der Waals surface area contributed by atoms with Gasteiger partial charge in [-0.3, -0.25) is 14.6 Å². The van der Waals surface area contributed by atoms with Crippen molar-refractivity contribution in [2.45, 2.75) is 6.10 Å². The number of carbonyl (C=O) groups excluding carboxylic acids is 1. The van der Waals surface area contributed by atoms with Crippen LogP contribution >= 0.6 is 0 Å². The first-order chi connectivity index (χ1) is 6.02. The number of hydrogen-bond acceptors (Lipinski definition) is 4. The second-order valence-electron chi connectivity index (χ2n) is 2.33. The zero-order valence-electron chi connectivity index (χ0n) is 6.40. The highest BCUT2D eigenvalue weighted by atomic mass is 16.3. The monoisotopic (exact) mass is 185 g/mol. The molecule has 1 heterocycles. The van der Waals surface area contributed by atoms with Crippen LogP contribution < -0.4 is 17.0 Å². The number of hydrogen-bond donors (Lipinski definition) is 4. The molecule has 70 valence electrons. The Morgan fingerprint density at radius 1 is 1.54 bits per heavy atom. The normalized spacial score (nSPS) is 12.4. The van der Waals surface area contributed by atoms with Gasteiger partial charge in [0.05, 0.1) is 5.56 Å². The number of amides is 1. The summed E-state index contributed by atoms with van der Waals surface area (Å²) in [5.41, 5.74) is 2.90. The Labute approximate surface area is 71.2 Å². The van der Waals surface area contributed by atoms with Gasteiger partial charge in [-0.05, 0) is 0 Å². The van der Waals surface area contributed by atoms with Crippen LogP contribution in [0.25, 0.3) is 0 Å². The minimum atomic E-state index is -1.71. The zero-order chi connectivity index (χ0) is 10.0. The molecule has 0 saturated heterocycles. The van der Waals surface area contributed by atoms with Crippen LogP contribution in [0.5, 0.6) is 0 Å². The quantitative estimate of drug-likeness (QED) is 0.408. The first-order valence-corrected chi connectivity index (χ1v) is 3.31. The van der Waals surface area contributed by atoms with Crippen LogP contribution in [0.3, 0.4) is 0 Å². The molecular weight excluding hydrogens is 178 g/mol. The fraction of sp³-hybridized carbons (Fsp3) is 0.167. The maximum atomic E-state index is 10.9. The van der Waals surface area contributed by atoms with E-state index in [4.69, 9.17) is 10.8 Å². The predicted molar refractivity (Wildman–Crippen MR) is 41.8 cm³/mol. The standard InChI is InChI=1S/C6H7N3O4/c7-4(11)3(10)2-1-8-6(13)9-5(2)12/h1,3,10H,(H2,7,11)(H2,8,9,12,13). The Morgan fingerprint density at radius 3 is 2.62 bits per heavy atom. The zero-order valence-corrected chi connectivity index (χ0v) is 6.40. The Hall–Kier alpha value is -1.89. The van der Waals surface area contributed by atoms with E-state index in [1.54, 1.807) is 0 Å². The van der Waals surface area contributed by atoms with Gasteiger partial charge in [0, 0.05) is 6.20 Å². The third-order valence-corrected chi connectivity index (χ3v) is 1.41. The molecule has 0 spiro atoms. The van der Waals surface area contributed by atoms with Gasteiger partial charge in [-0.15, -0.1) is 0 Å². The molecule has 0 aliphatic heterocycles. The van der Waals surface area contributed by atoms with Crippen molar-refractivity contribution in [1.82, 2.24) is 9.97 Å². The highest BCUT2D eigenvalue weighted by Crippen LogP contribution is 2.02. The summed E-state index contributed by atoms with van der Waals surface area (Å²) >= 11 is 0. The maximum Gasteiger partial charge on any atom is 0.325 e. The number of H-pyrrole nitrogens is 2. The topological polar surface area (TPSA) is 129 Å². The summed E-state index contributed by atoms with van der Waals surface area (Å²) in [4.78, 5) is 35.9. The van der Waals surface area contributed by atoms with E-state index in [2.05, 4.69) is 4.98 Å². The number of aliphatic hydroxyl groups is 1. The summed E-state index contributed by atoms with van der Waals surface area (Å²) in [5.74, 6) is -1.06. The molecule has 13 heavy (non-hydrogen) atoms. The van der Waals surface area contributed by atoms with Crippen molar-refractivity contribution in [3.8, 4) is 0 Å². The lowest BCUT2D eigenvalue weighted by molar-refractivity contribution is -0.126. The van der Waals surface area contributed by atoms with Gasteiger partial charge in [-0.1, -0.05) is 0 Å². The highest BCUT2D eigenvalue weighted by molar-refractivity contribution is 5.79. The molecular formula is C6H7N3O4. The number of primary amides is 1. The largest absolute Gasteiger partial charge is 0.378 e. The minimum Gasteiger partial charge on any atom is -0.378 e. The molecule has 0 radical (unpaired) electrons. The first kappa shape index (κ1) is 9.20. The Kier molecular flexibility index (Phi) is 2.29. The van der Waals surface area contributed by atoms with Crippen molar-refractivity contribution < 1.29 is 9.90 Å². The summed E-state index contributed by atoms with van der Waals surface area (Å²) in [7, 11) is 0. The predicted octanol–water partition coefficient (Wildman–Crippen LogP) is -2.42. The Balaban J connectivity index is 3.24. The van der Waals surface area contributed by atoms with Gasteiger partial charge in [0.2, 0.25) is 0 Å². The summed E-state index contributed by atoms with van der Waals surface area (Å²) in [6.45, 7) is 0. The van der Waals surface area contributed by atoms with E-state index in [1.165, 1.54) is 0 Å². The third-order valence-electron chi connectivity index (χ3n) is 1.41. The van der Waals surface area contributed by atoms with Crippen molar-refractivity contribution in [2.24, 2.45) is 5.73 Å². The summed E-state index contributed by atoms with van der Waals surface area (Å²) < 4.78 is 0. The molecule has 0 bridgehead atoms. The third kappa shape index (κ3) is 1.82. The number of aromatic nitrogens is 2.